The van der Waals surface area contributed by atoms with Crippen LogP contribution in [-0.4, -0.2) is 48.4 Å². The summed E-state index contributed by atoms with van der Waals surface area (Å²) in [5.41, 5.74) is 4.76. The minimum Gasteiger partial charge on any atom is -0.375 e. The number of fused-ring (bicyclic) bond motifs is 1. The molecule has 2 atom stereocenters. The molecule has 0 aromatic carbocycles. The number of aromatic nitrogens is 6. The van der Waals surface area contributed by atoms with E-state index >= 15 is 0 Å². The molecule has 2 N–H and O–H groups in total. The molecule has 2 unspecified atom stereocenters. The van der Waals surface area contributed by atoms with E-state index in [-0.39, 0.29) is 24.8 Å². The van der Waals surface area contributed by atoms with Gasteiger partial charge in [-0.1, -0.05) is 13.0 Å². The van der Waals surface area contributed by atoms with Crippen LogP contribution < -0.4 is 10.6 Å². The van der Waals surface area contributed by atoms with Gasteiger partial charge in [0.2, 0.25) is 5.92 Å². The zero-order chi connectivity index (χ0) is 26.5. The summed E-state index contributed by atoms with van der Waals surface area (Å²) in [6.07, 6.45) is 9.05. The fourth-order valence-electron chi connectivity index (χ4n) is 6.88. The molecule has 8 nitrogen and oxygen atoms in total. The normalized spacial score (nSPS) is 23.8. The highest BCUT2D eigenvalue weighted by atomic mass is 19.3. The van der Waals surface area contributed by atoms with Crippen molar-refractivity contribution in [1.82, 2.24) is 40.0 Å². The van der Waals surface area contributed by atoms with Crippen molar-refractivity contribution >= 4 is 11.5 Å². The first-order valence-corrected chi connectivity index (χ1v) is 14.1. The molecular weight excluding hydrogens is 486 g/mol. The maximum Gasteiger partial charge on any atom is 0.251 e. The van der Waals surface area contributed by atoms with Gasteiger partial charge in [0, 0.05) is 44.6 Å². The summed E-state index contributed by atoms with van der Waals surface area (Å²) in [7, 11) is 0. The van der Waals surface area contributed by atoms with E-state index in [1.165, 1.54) is 12.8 Å². The van der Waals surface area contributed by atoms with Gasteiger partial charge in [-0.25, -0.2) is 23.3 Å². The van der Waals surface area contributed by atoms with Gasteiger partial charge in [-0.2, -0.15) is 10.2 Å². The fraction of sp³-hybridized carbons (Fsp3) is 0.643. The van der Waals surface area contributed by atoms with Gasteiger partial charge >= 0.3 is 0 Å². The minimum atomic E-state index is -2.60. The third-order valence-electron chi connectivity index (χ3n) is 9.07. The molecule has 3 aromatic heterocycles. The van der Waals surface area contributed by atoms with E-state index in [2.05, 4.69) is 22.3 Å². The van der Waals surface area contributed by atoms with Crippen LogP contribution in [0.4, 0.5) is 8.78 Å². The van der Waals surface area contributed by atoms with Gasteiger partial charge in [0.05, 0.1) is 40.7 Å². The van der Waals surface area contributed by atoms with Gasteiger partial charge in [0.25, 0.3) is 5.78 Å². The Bertz CT molecular complexity index is 1310. The van der Waals surface area contributed by atoms with Gasteiger partial charge in [0.1, 0.15) is 0 Å². The second-order valence-corrected chi connectivity index (χ2v) is 11.7. The summed E-state index contributed by atoms with van der Waals surface area (Å²) in [4.78, 5) is 9.97. The van der Waals surface area contributed by atoms with E-state index in [1.807, 2.05) is 30.8 Å². The van der Waals surface area contributed by atoms with Gasteiger partial charge in [-0.05, 0) is 63.4 Å². The number of imidazole rings is 1. The Morgan fingerprint density at radius 3 is 2.71 bits per heavy atom. The SMILES string of the molecule is C=C(NC(c1cn2nc(C)c(C3CCCC4(CNC4)C3)nc2n1)C1CCC(F)(F)CC1)c1ccnn1CC. The monoisotopic (exact) mass is 524 g/mol. The molecule has 0 bridgehead atoms. The Morgan fingerprint density at radius 2 is 2.00 bits per heavy atom. The van der Waals surface area contributed by atoms with Crippen molar-refractivity contribution in [3.05, 3.63) is 47.8 Å². The van der Waals surface area contributed by atoms with E-state index in [9.17, 15) is 8.78 Å². The van der Waals surface area contributed by atoms with Crippen molar-refractivity contribution < 1.29 is 8.78 Å². The summed E-state index contributed by atoms with van der Waals surface area (Å²) >= 11 is 0. The molecule has 6 rings (SSSR count). The lowest BCUT2D eigenvalue weighted by atomic mass is 9.65. The molecule has 10 heteroatoms. The van der Waals surface area contributed by atoms with E-state index in [0.29, 0.717) is 42.2 Å². The van der Waals surface area contributed by atoms with E-state index in [0.717, 1.165) is 48.7 Å². The number of nitrogens with one attached hydrogen (secondary N) is 2. The van der Waals surface area contributed by atoms with Gasteiger partial charge in [-0.3, -0.25) is 4.68 Å². The van der Waals surface area contributed by atoms with Gasteiger partial charge in [0.15, 0.2) is 0 Å². The molecular formula is C28H38F2N8. The molecule has 4 heterocycles. The zero-order valence-electron chi connectivity index (χ0n) is 22.4. The van der Waals surface area contributed by atoms with E-state index in [1.54, 1.807) is 10.7 Å². The Kier molecular flexibility index (Phi) is 6.48. The van der Waals surface area contributed by atoms with Crippen LogP contribution in [0.15, 0.2) is 25.0 Å². The van der Waals surface area contributed by atoms with Crippen LogP contribution in [0.5, 0.6) is 0 Å². The first kappa shape index (κ1) is 25.4. The standard InChI is InChI=1S/C28H38F2N8/c1-4-37-23(9-13-32-37)18(2)33-25(20-7-11-28(29,30)12-8-20)22-15-38-26(34-22)35-24(19(3)36-38)21-6-5-10-27(14-21)16-31-17-27/h9,13,15,20-21,25,31,33H,2,4-8,10-12,14,16-17H2,1,3H3. The topological polar surface area (TPSA) is 85.0 Å². The van der Waals surface area contributed by atoms with Gasteiger partial charge < -0.3 is 10.6 Å². The lowest BCUT2D eigenvalue weighted by Crippen LogP contribution is -2.55. The number of hydrogen-bond acceptors (Lipinski definition) is 6. The van der Waals surface area contributed by atoms with Crippen molar-refractivity contribution in [2.24, 2.45) is 11.3 Å². The Morgan fingerprint density at radius 1 is 1.21 bits per heavy atom. The Hall–Kier alpha value is -2.88. The van der Waals surface area contributed by atoms with Crippen LogP contribution in [0.2, 0.25) is 0 Å². The average Bonchev–Trinajstić information content (AvgIpc) is 3.53. The number of aryl methyl sites for hydroxylation is 2. The highest BCUT2D eigenvalue weighted by Gasteiger charge is 2.43. The third-order valence-corrected chi connectivity index (χ3v) is 9.07. The van der Waals surface area contributed by atoms with E-state index < -0.39 is 5.92 Å². The molecule has 1 saturated heterocycles. The molecule has 1 spiro atoms. The van der Waals surface area contributed by atoms with Crippen LogP contribution in [0, 0.1) is 18.3 Å². The molecule has 0 radical (unpaired) electrons. The molecule has 1 aliphatic heterocycles. The molecule has 0 amide bonds. The summed E-state index contributed by atoms with van der Waals surface area (Å²) < 4.78 is 31.7. The van der Waals surface area contributed by atoms with Crippen LogP contribution in [0.1, 0.15) is 93.0 Å². The predicted molar refractivity (Wildman–Crippen MR) is 142 cm³/mol. The fourth-order valence-corrected chi connectivity index (χ4v) is 6.88. The number of nitrogens with zero attached hydrogens (tertiary/aromatic N) is 6. The Labute approximate surface area is 222 Å². The first-order chi connectivity index (χ1) is 18.3. The molecule has 2 saturated carbocycles. The molecule has 3 aliphatic rings. The second-order valence-electron chi connectivity index (χ2n) is 11.7. The van der Waals surface area contributed by atoms with Crippen molar-refractivity contribution in [3.63, 3.8) is 0 Å². The molecule has 204 valence electrons. The largest absolute Gasteiger partial charge is 0.375 e. The Balaban J connectivity index is 1.31. The number of hydrogen-bond donors (Lipinski definition) is 2. The summed E-state index contributed by atoms with van der Waals surface area (Å²) in [6.45, 7) is 11.2. The van der Waals surface area contributed by atoms with Crippen molar-refractivity contribution in [3.8, 4) is 0 Å². The number of rotatable bonds is 7. The first-order valence-electron chi connectivity index (χ1n) is 14.1. The molecule has 3 fully saturated rings. The zero-order valence-corrected chi connectivity index (χ0v) is 22.4. The van der Waals surface area contributed by atoms with Crippen molar-refractivity contribution in [1.29, 1.82) is 0 Å². The lowest BCUT2D eigenvalue weighted by molar-refractivity contribution is -0.0493. The molecule has 2 aliphatic carbocycles. The smallest absolute Gasteiger partial charge is 0.251 e. The van der Waals surface area contributed by atoms with E-state index in [4.69, 9.17) is 15.1 Å². The molecule has 38 heavy (non-hydrogen) atoms. The van der Waals surface area contributed by atoms with Crippen LogP contribution in [-0.2, 0) is 6.54 Å². The lowest BCUT2D eigenvalue weighted by Gasteiger charge is -2.48. The summed E-state index contributed by atoms with van der Waals surface area (Å²) in [5, 5.41) is 16.2. The highest BCUT2D eigenvalue weighted by molar-refractivity contribution is 5.59. The number of alkyl halides is 2. The van der Waals surface area contributed by atoms with Gasteiger partial charge in [-0.15, -0.1) is 0 Å². The quantitative estimate of drug-likeness (QED) is 0.451. The molecule has 3 aromatic rings. The average molecular weight is 525 g/mol. The highest BCUT2D eigenvalue weighted by Crippen LogP contribution is 2.46. The third kappa shape index (κ3) is 4.72. The second kappa shape index (κ2) is 9.70. The van der Waals surface area contributed by atoms with Crippen molar-refractivity contribution in [2.45, 2.75) is 89.6 Å². The maximum absolute atomic E-state index is 14.1. The van der Waals surface area contributed by atoms with Crippen LogP contribution >= 0.6 is 0 Å². The van der Waals surface area contributed by atoms with Crippen molar-refractivity contribution in [2.75, 3.05) is 13.1 Å². The maximum atomic E-state index is 14.1. The minimum absolute atomic E-state index is 0.000767. The summed E-state index contributed by atoms with van der Waals surface area (Å²) in [6, 6.07) is 1.65. The number of halogens is 2. The predicted octanol–water partition coefficient (Wildman–Crippen LogP) is 5.02. The van der Waals surface area contributed by atoms with Crippen LogP contribution in [0.3, 0.4) is 0 Å². The van der Waals surface area contributed by atoms with Crippen LogP contribution in [0.25, 0.3) is 11.5 Å². The summed E-state index contributed by atoms with van der Waals surface area (Å²) in [5.74, 6) is -1.63.